The van der Waals surface area contributed by atoms with Gasteiger partial charge in [-0.1, -0.05) is 11.6 Å². The molecular formula is C14H11ClN4. The first-order valence-corrected chi connectivity index (χ1v) is 6.14. The van der Waals surface area contributed by atoms with E-state index in [4.69, 9.17) is 17.3 Å². The number of hydrogen-bond donors (Lipinski definition) is 2. The summed E-state index contributed by atoms with van der Waals surface area (Å²) in [5.74, 6) is 0.446. The molecule has 0 unspecified atom stereocenters. The second kappa shape index (κ2) is 4.74. The van der Waals surface area contributed by atoms with Gasteiger partial charge in [-0.15, -0.1) is 0 Å². The van der Waals surface area contributed by atoms with Crippen LogP contribution in [0.25, 0.3) is 10.9 Å². The standard InChI is InChI=1S/C14H11ClN4/c15-10-5-6-11(13-9(10)3-1-7-17-13)19-12-4-2-8-18-14(12)16/h1-8,19H,(H2,16,18). The van der Waals surface area contributed by atoms with Crippen molar-refractivity contribution in [1.82, 2.24) is 9.97 Å². The Hall–Kier alpha value is -2.33. The molecule has 0 saturated heterocycles. The van der Waals surface area contributed by atoms with Crippen molar-refractivity contribution in [1.29, 1.82) is 0 Å². The molecule has 0 amide bonds. The van der Waals surface area contributed by atoms with E-state index in [1.54, 1.807) is 12.4 Å². The van der Waals surface area contributed by atoms with E-state index in [0.29, 0.717) is 10.8 Å². The van der Waals surface area contributed by atoms with Gasteiger partial charge in [-0.2, -0.15) is 0 Å². The van der Waals surface area contributed by atoms with E-state index < -0.39 is 0 Å². The number of nitrogens with one attached hydrogen (secondary N) is 1. The molecule has 3 rings (SSSR count). The molecule has 5 heteroatoms. The van der Waals surface area contributed by atoms with Gasteiger partial charge in [0.05, 0.1) is 21.9 Å². The molecule has 19 heavy (non-hydrogen) atoms. The maximum Gasteiger partial charge on any atom is 0.147 e. The van der Waals surface area contributed by atoms with Gasteiger partial charge in [0, 0.05) is 17.8 Å². The Morgan fingerprint density at radius 2 is 1.74 bits per heavy atom. The number of fused-ring (bicyclic) bond motifs is 1. The Morgan fingerprint density at radius 1 is 0.947 bits per heavy atom. The maximum absolute atomic E-state index is 6.16. The Kier molecular flexibility index (Phi) is 2.93. The number of nitrogens with zero attached hydrogens (tertiary/aromatic N) is 2. The van der Waals surface area contributed by atoms with E-state index in [0.717, 1.165) is 22.3 Å². The molecule has 3 aromatic rings. The van der Waals surface area contributed by atoms with Crippen LogP contribution in [-0.4, -0.2) is 9.97 Å². The van der Waals surface area contributed by atoms with Crippen molar-refractivity contribution in [3.05, 3.63) is 53.8 Å². The molecule has 0 saturated carbocycles. The van der Waals surface area contributed by atoms with Crippen LogP contribution in [0.3, 0.4) is 0 Å². The van der Waals surface area contributed by atoms with Crippen LogP contribution in [0.1, 0.15) is 0 Å². The molecule has 2 aromatic heterocycles. The zero-order valence-corrected chi connectivity index (χ0v) is 10.7. The van der Waals surface area contributed by atoms with Gasteiger partial charge < -0.3 is 11.1 Å². The van der Waals surface area contributed by atoms with Crippen LogP contribution in [0.2, 0.25) is 5.02 Å². The molecule has 0 aliphatic heterocycles. The van der Waals surface area contributed by atoms with E-state index in [1.807, 2.05) is 36.4 Å². The van der Waals surface area contributed by atoms with E-state index in [1.165, 1.54) is 0 Å². The highest BCUT2D eigenvalue weighted by atomic mass is 35.5. The number of aromatic nitrogens is 2. The molecule has 4 nitrogen and oxygen atoms in total. The highest BCUT2D eigenvalue weighted by Gasteiger charge is 2.07. The van der Waals surface area contributed by atoms with Crippen molar-refractivity contribution < 1.29 is 0 Å². The average molecular weight is 271 g/mol. The normalized spacial score (nSPS) is 10.6. The number of benzene rings is 1. The summed E-state index contributed by atoms with van der Waals surface area (Å²) < 4.78 is 0. The fraction of sp³-hybridized carbons (Fsp3) is 0. The third kappa shape index (κ3) is 2.18. The van der Waals surface area contributed by atoms with Gasteiger partial charge in [0.1, 0.15) is 5.82 Å². The Morgan fingerprint density at radius 3 is 2.58 bits per heavy atom. The smallest absolute Gasteiger partial charge is 0.147 e. The van der Waals surface area contributed by atoms with Gasteiger partial charge >= 0.3 is 0 Å². The molecule has 0 aliphatic rings. The van der Waals surface area contributed by atoms with Crippen LogP contribution in [0.5, 0.6) is 0 Å². The lowest BCUT2D eigenvalue weighted by Crippen LogP contribution is -1.99. The first-order chi connectivity index (χ1) is 9.25. The zero-order chi connectivity index (χ0) is 13.2. The first-order valence-electron chi connectivity index (χ1n) is 5.76. The molecule has 1 aromatic carbocycles. The number of halogens is 1. The minimum absolute atomic E-state index is 0.446. The van der Waals surface area contributed by atoms with Gasteiger partial charge in [0.2, 0.25) is 0 Å². The quantitative estimate of drug-likeness (QED) is 0.747. The van der Waals surface area contributed by atoms with Crippen molar-refractivity contribution in [2.45, 2.75) is 0 Å². The lowest BCUT2D eigenvalue weighted by Gasteiger charge is -2.11. The van der Waals surface area contributed by atoms with Crippen molar-refractivity contribution in [3.8, 4) is 0 Å². The van der Waals surface area contributed by atoms with Crippen molar-refractivity contribution in [2.24, 2.45) is 0 Å². The minimum Gasteiger partial charge on any atom is -0.382 e. The predicted octanol–water partition coefficient (Wildman–Crippen LogP) is 3.61. The fourth-order valence-electron chi connectivity index (χ4n) is 1.91. The Balaban J connectivity index is 2.12. The second-order valence-corrected chi connectivity index (χ2v) is 4.46. The van der Waals surface area contributed by atoms with Crippen LogP contribution < -0.4 is 11.1 Å². The SMILES string of the molecule is Nc1ncccc1Nc1ccc(Cl)c2cccnc12. The molecule has 0 bridgehead atoms. The number of rotatable bonds is 2. The molecular weight excluding hydrogens is 260 g/mol. The van der Waals surface area contributed by atoms with Crippen LogP contribution in [0.15, 0.2) is 48.8 Å². The third-order valence-electron chi connectivity index (χ3n) is 2.82. The first kappa shape index (κ1) is 11.7. The summed E-state index contributed by atoms with van der Waals surface area (Å²) in [6.45, 7) is 0. The summed E-state index contributed by atoms with van der Waals surface area (Å²) in [7, 11) is 0. The average Bonchev–Trinajstić information content (AvgIpc) is 2.44. The van der Waals surface area contributed by atoms with Crippen LogP contribution in [0, 0.1) is 0 Å². The van der Waals surface area contributed by atoms with Crippen LogP contribution in [-0.2, 0) is 0 Å². The summed E-state index contributed by atoms with van der Waals surface area (Å²) >= 11 is 6.16. The van der Waals surface area contributed by atoms with Crippen molar-refractivity contribution in [2.75, 3.05) is 11.1 Å². The van der Waals surface area contributed by atoms with E-state index >= 15 is 0 Å². The molecule has 3 N–H and O–H groups in total. The van der Waals surface area contributed by atoms with E-state index in [2.05, 4.69) is 15.3 Å². The summed E-state index contributed by atoms with van der Waals surface area (Å²) in [5.41, 5.74) is 8.22. The molecule has 0 fully saturated rings. The van der Waals surface area contributed by atoms with Gasteiger partial charge in [-0.25, -0.2) is 4.98 Å². The molecule has 0 aliphatic carbocycles. The molecule has 0 atom stereocenters. The lowest BCUT2D eigenvalue weighted by atomic mass is 10.2. The maximum atomic E-state index is 6.16. The molecule has 94 valence electrons. The van der Waals surface area contributed by atoms with Crippen molar-refractivity contribution in [3.63, 3.8) is 0 Å². The van der Waals surface area contributed by atoms with Crippen molar-refractivity contribution >= 4 is 39.7 Å². The third-order valence-corrected chi connectivity index (χ3v) is 3.15. The number of pyridine rings is 2. The topological polar surface area (TPSA) is 63.8 Å². The molecule has 0 spiro atoms. The Bertz CT molecular complexity index is 742. The highest BCUT2D eigenvalue weighted by molar-refractivity contribution is 6.35. The number of nitrogens with two attached hydrogens (primary N) is 1. The fourth-order valence-corrected chi connectivity index (χ4v) is 2.12. The van der Waals surface area contributed by atoms with Crippen LogP contribution in [0.4, 0.5) is 17.2 Å². The highest BCUT2D eigenvalue weighted by Crippen LogP contribution is 2.30. The van der Waals surface area contributed by atoms with E-state index in [9.17, 15) is 0 Å². The van der Waals surface area contributed by atoms with Gasteiger partial charge in [-0.3, -0.25) is 4.98 Å². The summed E-state index contributed by atoms with van der Waals surface area (Å²) in [5, 5.41) is 4.81. The van der Waals surface area contributed by atoms with Crippen LogP contribution >= 0.6 is 11.6 Å². The second-order valence-electron chi connectivity index (χ2n) is 4.06. The zero-order valence-electron chi connectivity index (χ0n) is 9.97. The van der Waals surface area contributed by atoms with Gasteiger partial charge in [-0.05, 0) is 36.4 Å². The van der Waals surface area contributed by atoms with Gasteiger partial charge in [0.15, 0.2) is 0 Å². The molecule has 0 radical (unpaired) electrons. The predicted molar refractivity (Wildman–Crippen MR) is 78.7 cm³/mol. The lowest BCUT2D eigenvalue weighted by molar-refractivity contribution is 1.33. The minimum atomic E-state index is 0.446. The summed E-state index contributed by atoms with van der Waals surface area (Å²) in [6.07, 6.45) is 3.38. The van der Waals surface area contributed by atoms with Gasteiger partial charge in [0.25, 0.3) is 0 Å². The number of hydrogen-bond acceptors (Lipinski definition) is 4. The number of nitrogen functional groups attached to an aromatic ring is 1. The summed E-state index contributed by atoms with van der Waals surface area (Å²) in [4.78, 5) is 8.40. The van der Waals surface area contributed by atoms with E-state index in [-0.39, 0.29) is 0 Å². The largest absolute Gasteiger partial charge is 0.382 e. The summed E-state index contributed by atoms with van der Waals surface area (Å²) in [6, 6.07) is 11.2. The Labute approximate surface area is 115 Å². The number of anilines is 3. The molecule has 2 heterocycles. The monoisotopic (exact) mass is 270 g/mol.